The van der Waals surface area contributed by atoms with Gasteiger partial charge in [-0.15, -0.1) is 11.8 Å². The van der Waals surface area contributed by atoms with Crippen LogP contribution in [0.3, 0.4) is 0 Å². The van der Waals surface area contributed by atoms with Gasteiger partial charge in [-0.25, -0.2) is 4.39 Å². The average Bonchev–Trinajstić information content (AvgIpc) is 3.23. The van der Waals surface area contributed by atoms with Crippen molar-refractivity contribution in [3.05, 3.63) is 101 Å². The van der Waals surface area contributed by atoms with Gasteiger partial charge in [-0.3, -0.25) is 14.6 Å². The molecule has 7 heteroatoms. The van der Waals surface area contributed by atoms with Crippen LogP contribution in [0.25, 0.3) is 0 Å². The van der Waals surface area contributed by atoms with Crippen LogP contribution in [0, 0.1) is 12.7 Å². The van der Waals surface area contributed by atoms with Crippen molar-refractivity contribution in [2.24, 2.45) is 0 Å². The van der Waals surface area contributed by atoms with E-state index in [0.717, 1.165) is 11.1 Å². The molecule has 158 valence electrons. The number of benzene rings is 2. The maximum absolute atomic E-state index is 13.9. The van der Waals surface area contributed by atoms with Gasteiger partial charge in [-0.1, -0.05) is 35.9 Å². The van der Waals surface area contributed by atoms with Crippen molar-refractivity contribution in [2.45, 2.75) is 24.9 Å². The zero-order chi connectivity index (χ0) is 21.8. The van der Waals surface area contributed by atoms with E-state index in [1.54, 1.807) is 47.6 Å². The summed E-state index contributed by atoms with van der Waals surface area (Å²) in [5, 5.41) is 2.47. The Kier molecular flexibility index (Phi) is 6.32. The summed E-state index contributed by atoms with van der Waals surface area (Å²) in [4.78, 5) is 32.2. The Bertz CT molecular complexity index is 1090. The summed E-state index contributed by atoms with van der Waals surface area (Å²) in [6.07, 6.45) is 3.36. The van der Waals surface area contributed by atoms with Crippen molar-refractivity contribution in [1.82, 2.24) is 15.2 Å². The summed E-state index contributed by atoms with van der Waals surface area (Å²) in [6.45, 7) is 2.24. The number of pyridine rings is 1. The largest absolute Gasteiger partial charge is 0.350 e. The monoisotopic (exact) mass is 435 g/mol. The number of carbonyl (C=O) groups is 2. The molecule has 2 amide bonds. The van der Waals surface area contributed by atoms with Crippen molar-refractivity contribution in [2.75, 3.05) is 5.75 Å². The van der Waals surface area contributed by atoms with Gasteiger partial charge in [0.2, 0.25) is 5.91 Å². The van der Waals surface area contributed by atoms with E-state index in [1.165, 1.54) is 23.9 Å². The number of halogens is 1. The molecule has 4 rings (SSSR count). The summed E-state index contributed by atoms with van der Waals surface area (Å²) < 4.78 is 13.9. The normalized spacial score (nSPS) is 18.1. The molecule has 0 aliphatic carbocycles. The summed E-state index contributed by atoms with van der Waals surface area (Å²) >= 11 is 1.46. The second kappa shape index (κ2) is 9.31. The number of carbonyl (C=O) groups excluding carboxylic acids is 2. The van der Waals surface area contributed by atoms with E-state index in [2.05, 4.69) is 10.3 Å². The van der Waals surface area contributed by atoms with Gasteiger partial charge in [0.25, 0.3) is 5.91 Å². The molecule has 2 heterocycles. The van der Waals surface area contributed by atoms with Gasteiger partial charge in [0.05, 0.1) is 0 Å². The fraction of sp³-hybridized carbons (Fsp3) is 0.208. The molecular formula is C24H22FN3O2S. The Morgan fingerprint density at radius 2 is 2.00 bits per heavy atom. The summed E-state index contributed by atoms with van der Waals surface area (Å²) in [5.74, 6) is -0.427. The zero-order valence-corrected chi connectivity index (χ0v) is 17.8. The highest BCUT2D eigenvalue weighted by molar-refractivity contribution is 7.99. The molecule has 5 nitrogen and oxygen atoms in total. The Morgan fingerprint density at radius 1 is 1.16 bits per heavy atom. The minimum Gasteiger partial charge on any atom is -0.350 e. The first-order valence-corrected chi connectivity index (χ1v) is 11.0. The van der Waals surface area contributed by atoms with Crippen LogP contribution in [-0.4, -0.2) is 33.5 Å². The van der Waals surface area contributed by atoms with Gasteiger partial charge >= 0.3 is 0 Å². The Labute approximate surface area is 184 Å². The van der Waals surface area contributed by atoms with Crippen LogP contribution in [-0.2, 0) is 11.3 Å². The first-order valence-electron chi connectivity index (χ1n) is 9.96. The molecule has 1 saturated heterocycles. The fourth-order valence-electron chi connectivity index (χ4n) is 3.61. The maximum atomic E-state index is 13.9. The molecule has 2 atom stereocenters. The Morgan fingerprint density at radius 3 is 2.74 bits per heavy atom. The second-order valence-corrected chi connectivity index (χ2v) is 8.53. The third kappa shape index (κ3) is 4.77. The summed E-state index contributed by atoms with van der Waals surface area (Å²) in [5.41, 5.74) is 3.00. The van der Waals surface area contributed by atoms with Gasteiger partial charge in [0.1, 0.15) is 17.2 Å². The predicted molar refractivity (Wildman–Crippen MR) is 119 cm³/mol. The second-order valence-electron chi connectivity index (χ2n) is 7.42. The number of aromatic nitrogens is 1. The number of thioether (sulfide) groups is 1. The molecule has 1 aliphatic rings. The molecule has 0 bridgehead atoms. The quantitative estimate of drug-likeness (QED) is 0.655. The minimum atomic E-state index is -0.664. The lowest BCUT2D eigenvalue weighted by Crippen LogP contribution is -2.47. The van der Waals surface area contributed by atoms with E-state index >= 15 is 0 Å². The maximum Gasteiger partial charge on any atom is 0.255 e. The third-order valence-corrected chi connectivity index (χ3v) is 6.45. The van der Waals surface area contributed by atoms with Gasteiger partial charge in [-0.2, -0.15) is 0 Å². The van der Waals surface area contributed by atoms with Gasteiger partial charge in [-0.05, 0) is 48.4 Å². The highest BCUT2D eigenvalue weighted by Gasteiger charge is 2.42. The van der Waals surface area contributed by atoms with Crippen LogP contribution in [0.5, 0.6) is 0 Å². The number of rotatable bonds is 5. The van der Waals surface area contributed by atoms with Crippen LogP contribution >= 0.6 is 11.8 Å². The first kappa shape index (κ1) is 21.1. The van der Waals surface area contributed by atoms with Crippen molar-refractivity contribution >= 4 is 23.6 Å². The zero-order valence-electron chi connectivity index (χ0n) is 17.0. The van der Waals surface area contributed by atoms with Crippen LogP contribution in [0.2, 0.25) is 0 Å². The molecule has 1 aliphatic heterocycles. The van der Waals surface area contributed by atoms with E-state index in [4.69, 9.17) is 0 Å². The molecule has 2 unspecified atom stereocenters. The molecule has 3 aromatic rings. The van der Waals surface area contributed by atoms with Gasteiger partial charge < -0.3 is 10.2 Å². The molecule has 0 saturated carbocycles. The number of hydrogen-bond acceptors (Lipinski definition) is 4. The number of aryl methyl sites for hydroxylation is 1. The lowest BCUT2D eigenvalue weighted by molar-refractivity contribution is -0.125. The van der Waals surface area contributed by atoms with Crippen molar-refractivity contribution in [1.29, 1.82) is 0 Å². The van der Waals surface area contributed by atoms with E-state index in [0.29, 0.717) is 23.4 Å². The average molecular weight is 436 g/mol. The van der Waals surface area contributed by atoms with E-state index in [-0.39, 0.29) is 17.6 Å². The number of hydrogen-bond donors (Lipinski definition) is 1. The van der Waals surface area contributed by atoms with Crippen molar-refractivity contribution in [3.8, 4) is 0 Å². The SMILES string of the molecule is Cc1cccc(C(=O)N2C(C(=O)NCc3cccnc3)CSC2c2cccc(F)c2)c1. The highest BCUT2D eigenvalue weighted by atomic mass is 32.2. The predicted octanol–water partition coefficient (Wildman–Crippen LogP) is 4.10. The minimum absolute atomic E-state index is 0.240. The molecule has 31 heavy (non-hydrogen) atoms. The molecule has 1 aromatic heterocycles. The molecule has 1 N–H and O–H groups in total. The first-order chi connectivity index (χ1) is 15.0. The number of nitrogens with one attached hydrogen (secondary N) is 1. The Balaban J connectivity index is 1.62. The standard InChI is InChI=1S/C24H22FN3O2S/c1-16-5-2-7-18(11-16)23(30)28-21(22(29)27-14-17-6-4-10-26-13-17)15-31-24(28)19-8-3-9-20(25)12-19/h2-13,21,24H,14-15H2,1H3,(H,27,29). The summed E-state index contributed by atoms with van der Waals surface area (Å²) in [6, 6.07) is 16.5. The van der Waals surface area contributed by atoms with E-state index in [1.807, 2.05) is 25.1 Å². The number of amides is 2. The molecular weight excluding hydrogens is 413 g/mol. The topological polar surface area (TPSA) is 62.3 Å². The van der Waals surface area contributed by atoms with Crippen molar-refractivity contribution < 1.29 is 14.0 Å². The van der Waals surface area contributed by atoms with Crippen LogP contribution < -0.4 is 5.32 Å². The van der Waals surface area contributed by atoms with E-state index < -0.39 is 11.4 Å². The van der Waals surface area contributed by atoms with Crippen LogP contribution in [0.1, 0.15) is 32.4 Å². The third-order valence-electron chi connectivity index (χ3n) is 5.13. The fourth-order valence-corrected chi connectivity index (χ4v) is 5.03. The highest BCUT2D eigenvalue weighted by Crippen LogP contribution is 2.42. The van der Waals surface area contributed by atoms with Crippen LogP contribution in [0.4, 0.5) is 4.39 Å². The van der Waals surface area contributed by atoms with Crippen molar-refractivity contribution in [3.63, 3.8) is 0 Å². The van der Waals surface area contributed by atoms with Crippen LogP contribution in [0.15, 0.2) is 73.1 Å². The molecule has 1 fully saturated rings. The molecule has 0 spiro atoms. The molecule has 0 radical (unpaired) electrons. The lowest BCUT2D eigenvalue weighted by atomic mass is 10.1. The molecule has 2 aromatic carbocycles. The van der Waals surface area contributed by atoms with Gasteiger partial charge in [0.15, 0.2) is 0 Å². The number of nitrogens with zero attached hydrogens (tertiary/aromatic N) is 2. The summed E-state index contributed by atoms with van der Waals surface area (Å²) in [7, 11) is 0. The lowest BCUT2D eigenvalue weighted by Gasteiger charge is -2.29. The van der Waals surface area contributed by atoms with Gasteiger partial charge in [0, 0.05) is 30.3 Å². The smallest absolute Gasteiger partial charge is 0.255 e. The van der Waals surface area contributed by atoms with E-state index in [9.17, 15) is 14.0 Å². The Hall–Kier alpha value is -3.19.